The van der Waals surface area contributed by atoms with Gasteiger partial charge in [0.15, 0.2) is 0 Å². The van der Waals surface area contributed by atoms with E-state index in [1.165, 1.54) is 22.7 Å². The molecule has 112 valence electrons. The van der Waals surface area contributed by atoms with Crippen molar-refractivity contribution in [3.8, 4) is 0 Å². The molecule has 1 aromatic carbocycles. The summed E-state index contributed by atoms with van der Waals surface area (Å²) in [5.74, 6) is -0.323. The molecular formula is C17H22N2O2. The van der Waals surface area contributed by atoms with Crippen LogP contribution in [0.25, 0.3) is 10.9 Å². The van der Waals surface area contributed by atoms with Gasteiger partial charge in [-0.3, -0.25) is 0 Å². The van der Waals surface area contributed by atoms with Gasteiger partial charge in [-0.25, -0.2) is 4.79 Å². The van der Waals surface area contributed by atoms with Crippen molar-refractivity contribution in [3.63, 3.8) is 0 Å². The van der Waals surface area contributed by atoms with Gasteiger partial charge < -0.3 is 14.6 Å². The second-order valence-electron chi connectivity index (χ2n) is 5.28. The van der Waals surface area contributed by atoms with Crippen LogP contribution in [0.5, 0.6) is 0 Å². The molecule has 0 aliphatic heterocycles. The fourth-order valence-electron chi connectivity index (χ4n) is 2.38. The zero-order valence-electron chi connectivity index (χ0n) is 13.3. The van der Waals surface area contributed by atoms with Gasteiger partial charge >= 0.3 is 5.97 Å². The number of nitrogens with one attached hydrogen (secondary N) is 1. The number of benzene rings is 1. The molecule has 0 fully saturated rings. The molecule has 1 N–H and O–H groups in total. The van der Waals surface area contributed by atoms with Gasteiger partial charge in [-0.05, 0) is 51.5 Å². The van der Waals surface area contributed by atoms with Gasteiger partial charge in [0.1, 0.15) is 0 Å². The van der Waals surface area contributed by atoms with E-state index in [2.05, 4.69) is 49.0 Å². The SMILES string of the molecule is CCOC(=O)C=C(C)Nc1cc2c(cc1C)cc(C)n2C. The summed E-state index contributed by atoms with van der Waals surface area (Å²) in [5.41, 5.74) is 5.30. The van der Waals surface area contributed by atoms with Crippen LogP contribution >= 0.6 is 0 Å². The summed E-state index contributed by atoms with van der Waals surface area (Å²) < 4.78 is 7.07. The van der Waals surface area contributed by atoms with Gasteiger partial charge in [0.2, 0.25) is 0 Å². The number of ether oxygens (including phenoxy) is 1. The number of anilines is 1. The maximum atomic E-state index is 11.5. The van der Waals surface area contributed by atoms with Gasteiger partial charge in [0.05, 0.1) is 12.1 Å². The summed E-state index contributed by atoms with van der Waals surface area (Å²) in [6.45, 7) is 8.19. The zero-order chi connectivity index (χ0) is 15.6. The monoisotopic (exact) mass is 286 g/mol. The first kappa shape index (κ1) is 15.2. The van der Waals surface area contributed by atoms with E-state index in [1.807, 2.05) is 6.92 Å². The summed E-state index contributed by atoms with van der Waals surface area (Å²) in [7, 11) is 2.05. The van der Waals surface area contributed by atoms with E-state index in [0.29, 0.717) is 6.61 Å². The number of allylic oxidation sites excluding steroid dienone is 1. The Morgan fingerprint density at radius 3 is 2.71 bits per heavy atom. The van der Waals surface area contributed by atoms with E-state index in [-0.39, 0.29) is 5.97 Å². The average molecular weight is 286 g/mol. The highest BCUT2D eigenvalue weighted by atomic mass is 16.5. The van der Waals surface area contributed by atoms with Crippen LogP contribution in [0.15, 0.2) is 30.0 Å². The third-order valence-electron chi connectivity index (χ3n) is 3.58. The zero-order valence-corrected chi connectivity index (χ0v) is 13.3. The Bertz CT molecular complexity index is 711. The van der Waals surface area contributed by atoms with Crippen molar-refractivity contribution in [1.29, 1.82) is 0 Å². The van der Waals surface area contributed by atoms with Crippen LogP contribution in [-0.4, -0.2) is 17.1 Å². The second kappa shape index (κ2) is 6.04. The number of hydrogen-bond acceptors (Lipinski definition) is 3. The Hall–Kier alpha value is -2.23. The molecule has 0 aliphatic rings. The maximum Gasteiger partial charge on any atom is 0.332 e. The third-order valence-corrected chi connectivity index (χ3v) is 3.58. The highest BCUT2D eigenvalue weighted by Crippen LogP contribution is 2.26. The lowest BCUT2D eigenvalue weighted by Gasteiger charge is -2.11. The molecule has 0 amide bonds. The molecule has 0 atom stereocenters. The van der Waals surface area contributed by atoms with Gasteiger partial charge in [-0.2, -0.15) is 0 Å². The van der Waals surface area contributed by atoms with Crippen molar-refractivity contribution in [2.24, 2.45) is 7.05 Å². The van der Waals surface area contributed by atoms with E-state index in [1.54, 1.807) is 6.92 Å². The lowest BCUT2D eigenvalue weighted by atomic mass is 10.1. The molecule has 0 bridgehead atoms. The average Bonchev–Trinajstić information content (AvgIpc) is 2.66. The number of hydrogen-bond donors (Lipinski definition) is 1. The predicted octanol–water partition coefficient (Wildman–Crippen LogP) is 3.67. The Morgan fingerprint density at radius 1 is 1.33 bits per heavy atom. The van der Waals surface area contributed by atoms with Gasteiger partial charge in [0, 0.05) is 35.6 Å². The lowest BCUT2D eigenvalue weighted by Crippen LogP contribution is -2.05. The minimum Gasteiger partial charge on any atom is -0.463 e. The largest absolute Gasteiger partial charge is 0.463 e. The summed E-state index contributed by atoms with van der Waals surface area (Å²) in [4.78, 5) is 11.5. The number of aryl methyl sites for hydroxylation is 3. The number of nitrogens with zero attached hydrogens (tertiary/aromatic N) is 1. The molecule has 0 unspecified atom stereocenters. The summed E-state index contributed by atoms with van der Waals surface area (Å²) in [5, 5.41) is 4.50. The minimum absolute atomic E-state index is 0.323. The number of carbonyl (C=O) groups is 1. The van der Waals surface area contributed by atoms with E-state index in [0.717, 1.165) is 16.9 Å². The second-order valence-corrected chi connectivity index (χ2v) is 5.28. The molecule has 1 aromatic heterocycles. The smallest absolute Gasteiger partial charge is 0.332 e. The van der Waals surface area contributed by atoms with Crippen molar-refractivity contribution < 1.29 is 9.53 Å². The van der Waals surface area contributed by atoms with Gasteiger partial charge in [-0.1, -0.05) is 0 Å². The molecular weight excluding hydrogens is 264 g/mol. The van der Waals surface area contributed by atoms with Crippen LogP contribution in [0.1, 0.15) is 25.1 Å². The molecule has 0 aliphatic carbocycles. The first-order chi connectivity index (χ1) is 9.92. The van der Waals surface area contributed by atoms with Crippen molar-refractivity contribution in [2.45, 2.75) is 27.7 Å². The van der Waals surface area contributed by atoms with Gasteiger partial charge in [-0.15, -0.1) is 0 Å². The van der Waals surface area contributed by atoms with Crippen LogP contribution in [0.2, 0.25) is 0 Å². The first-order valence-corrected chi connectivity index (χ1v) is 7.11. The molecule has 1 heterocycles. The number of carbonyl (C=O) groups excluding carboxylic acids is 1. The van der Waals surface area contributed by atoms with Crippen LogP contribution < -0.4 is 5.32 Å². The highest BCUT2D eigenvalue weighted by molar-refractivity contribution is 5.87. The lowest BCUT2D eigenvalue weighted by molar-refractivity contribution is -0.137. The number of aromatic nitrogens is 1. The standard InChI is InChI=1S/C17H22N2O2/c1-6-21-17(20)8-12(3)18-15-10-16-14(7-11(15)2)9-13(4)19(16)5/h7-10,18H,6H2,1-5H3. The molecule has 0 saturated heterocycles. The number of esters is 1. The fourth-order valence-corrected chi connectivity index (χ4v) is 2.38. The molecule has 4 heteroatoms. The van der Waals surface area contributed by atoms with E-state index >= 15 is 0 Å². The van der Waals surface area contributed by atoms with E-state index in [9.17, 15) is 4.79 Å². The molecule has 4 nitrogen and oxygen atoms in total. The Labute approximate surface area is 125 Å². The normalized spacial score (nSPS) is 11.8. The molecule has 0 spiro atoms. The van der Waals surface area contributed by atoms with Crippen LogP contribution in [0, 0.1) is 13.8 Å². The van der Waals surface area contributed by atoms with Crippen LogP contribution in [0.4, 0.5) is 5.69 Å². The summed E-state index contributed by atoms with van der Waals surface area (Å²) in [6, 6.07) is 6.44. The third kappa shape index (κ3) is 3.27. The maximum absolute atomic E-state index is 11.5. The Kier molecular flexibility index (Phi) is 4.36. The quantitative estimate of drug-likeness (QED) is 0.689. The number of rotatable bonds is 4. The Balaban J connectivity index is 2.32. The van der Waals surface area contributed by atoms with E-state index in [4.69, 9.17) is 4.74 Å². The molecule has 2 rings (SSSR count). The molecule has 0 saturated carbocycles. The molecule has 21 heavy (non-hydrogen) atoms. The van der Waals surface area contributed by atoms with Crippen LogP contribution in [-0.2, 0) is 16.6 Å². The molecule has 2 aromatic rings. The van der Waals surface area contributed by atoms with Crippen molar-refractivity contribution in [2.75, 3.05) is 11.9 Å². The van der Waals surface area contributed by atoms with Crippen molar-refractivity contribution in [1.82, 2.24) is 4.57 Å². The van der Waals surface area contributed by atoms with Gasteiger partial charge in [0.25, 0.3) is 0 Å². The fraction of sp³-hybridized carbons (Fsp3) is 0.353. The summed E-state index contributed by atoms with van der Waals surface area (Å²) in [6.07, 6.45) is 1.48. The number of fused-ring (bicyclic) bond motifs is 1. The minimum atomic E-state index is -0.323. The topological polar surface area (TPSA) is 43.3 Å². The summed E-state index contributed by atoms with van der Waals surface area (Å²) >= 11 is 0. The molecule has 0 radical (unpaired) electrons. The van der Waals surface area contributed by atoms with E-state index < -0.39 is 0 Å². The van der Waals surface area contributed by atoms with Crippen molar-refractivity contribution >= 4 is 22.6 Å². The Morgan fingerprint density at radius 2 is 2.05 bits per heavy atom. The highest BCUT2D eigenvalue weighted by Gasteiger charge is 2.07. The van der Waals surface area contributed by atoms with Crippen molar-refractivity contribution in [3.05, 3.63) is 41.2 Å². The first-order valence-electron chi connectivity index (χ1n) is 7.11. The predicted molar refractivity (Wildman–Crippen MR) is 86.4 cm³/mol. The van der Waals surface area contributed by atoms with Crippen LogP contribution in [0.3, 0.4) is 0 Å².